The zero-order valence-electron chi connectivity index (χ0n) is 13.7. The molecule has 1 spiro atoms. The maximum absolute atomic E-state index is 12.5. The van der Waals surface area contributed by atoms with Gasteiger partial charge >= 0.3 is 0 Å². The van der Waals surface area contributed by atoms with Gasteiger partial charge in [-0.3, -0.25) is 9.69 Å². The lowest BCUT2D eigenvalue weighted by Gasteiger charge is -2.40. The van der Waals surface area contributed by atoms with E-state index in [1.807, 2.05) is 12.1 Å². The first-order valence-electron chi connectivity index (χ1n) is 8.05. The zero-order chi connectivity index (χ0) is 16.4. The van der Waals surface area contributed by atoms with Gasteiger partial charge in [0.2, 0.25) is 5.91 Å². The van der Waals surface area contributed by atoms with E-state index in [9.17, 15) is 4.79 Å². The number of likely N-dealkylation sites (tertiary alicyclic amines) is 1. The molecule has 1 amide bonds. The summed E-state index contributed by atoms with van der Waals surface area (Å²) in [5.41, 5.74) is 0.596. The van der Waals surface area contributed by atoms with Gasteiger partial charge in [-0.1, -0.05) is 17.7 Å². The number of rotatable bonds is 4. The molecule has 1 atom stereocenters. The Balaban J connectivity index is 1.88. The Morgan fingerprint density at radius 3 is 2.74 bits per heavy atom. The van der Waals surface area contributed by atoms with E-state index in [2.05, 4.69) is 10.2 Å². The first-order chi connectivity index (χ1) is 11.1. The number of hydrogen-bond donors (Lipinski definition) is 1. The van der Waals surface area contributed by atoms with Gasteiger partial charge in [0, 0.05) is 13.1 Å². The van der Waals surface area contributed by atoms with E-state index in [4.69, 9.17) is 21.1 Å². The molecule has 0 radical (unpaired) electrons. The van der Waals surface area contributed by atoms with Crippen molar-refractivity contribution >= 4 is 17.5 Å². The summed E-state index contributed by atoms with van der Waals surface area (Å²) < 4.78 is 10.7. The summed E-state index contributed by atoms with van der Waals surface area (Å²) in [6, 6.07) is 3.82. The maximum atomic E-state index is 12.5. The quantitative estimate of drug-likeness (QED) is 0.917. The van der Waals surface area contributed by atoms with Crippen LogP contribution < -0.4 is 14.8 Å². The van der Waals surface area contributed by atoms with Crippen molar-refractivity contribution in [1.82, 2.24) is 10.2 Å². The van der Waals surface area contributed by atoms with Gasteiger partial charge in [0.15, 0.2) is 11.5 Å². The highest BCUT2D eigenvalue weighted by Gasteiger charge is 2.48. The topological polar surface area (TPSA) is 50.8 Å². The summed E-state index contributed by atoms with van der Waals surface area (Å²) in [5.74, 6) is 1.33. The third kappa shape index (κ3) is 2.76. The molecule has 1 N–H and O–H groups in total. The first kappa shape index (κ1) is 16.4. The van der Waals surface area contributed by atoms with Crippen molar-refractivity contribution in [2.24, 2.45) is 0 Å². The van der Waals surface area contributed by atoms with Crippen molar-refractivity contribution in [2.75, 3.05) is 27.3 Å². The molecule has 23 heavy (non-hydrogen) atoms. The van der Waals surface area contributed by atoms with Crippen LogP contribution in [0.15, 0.2) is 12.1 Å². The molecular weight excluding hydrogens is 316 g/mol. The number of benzene rings is 1. The SMILES string of the molecule is COc1ccc(CN2CCCC23CCCNC3=O)c(Cl)c1OC. The number of hydrogen-bond acceptors (Lipinski definition) is 4. The lowest BCUT2D eigenvalue weighted by Crippen LogP contribution is -2.58. The number of halogens is 1. The predicted molar refractivity (Wildman–Crippen MR) is 89.2 cm³/mol. The summed E-state index contributed by atoms with van der Waals surface area (Å²) >= 11 is 6.50. The van der Waals surface area contributed by atoms with Crippen molar-refractivity contribution in [3.63, 3.8) is 0 Å². The van der Waals surface area contributed by atoms with Crippen molar-refractivity contribution < 1.29 is 14.3 Å². The van der Waals surface area contributed by atoms with Crippen LogP contribution in [0.2, 0.25) is 5.02 Å². The second kappa shape index (κ2) is 6.57. The van der Waals surface area contributed by atoms with Crippen LogP contribution in [0.1, 0.15) is 31.2 Å². The van der Waals surface area contributed by atoms with Crippen LogP contribution in [0.3, 0.4) is 0 Å². The van der Waals surface area contributed by atoms with Crippen LogP contribution in [-0.4, -0.2) is 43.7 Å². The summed E-state index contributed by atoms with van der Waals surface area (Å²) in [5, 5.41) is 3.59. The van der Waals surface area contributed by atoms with Gasteiger partial charge in [0.1, 0.15) is 5.54 Å². The molecule has 0 aromatic heterocycles. The summed E-state index contributed by atoms with van der Waals surface area (Å²) in [4.78, 5) is 14.8. The van der Waals surface area contributed by atoms with E-state index < -0.39 is 0 Å². The molecule has 3 rings (SSSR count). The maximum Gasteiger partial charge on any atom is 0.240 e. The number of nitrogens with zero attached hydrogens (tertiary/aromatic N) is 1. The number of methoxy groups -OCH3 is 2. The first-order valence-corrected chi connectivity index (χ1v) is 8.43. The monoisotopic (exact) mass is 338 g/mol. The Morgan fingerprint density at radius 1 is 1.26 bits per heavy atom. The van der Waals surface area contributed by atoms with E-state index in [-0.39, 0.29) is 11.4 Å². The molecule has 1 aromatic rings. The number of carbonyl (C=O) groups excluding carboxylic acids is 1. The van der Waals surface area contributed by atoms with Crippen LogP contribution in [-0.2, 0) is 11.3 Å². The van der Waals surface area contributed by atoms with Crippen molar-refractivity contribution in [2.45, 2.75) is 37.8 Å². The largest absolute Gasteiger partial charge is 0.493 e. The fourth-order valence-electron chi connectivity index (χ4n) is 3.82. The fraction of sp³-hybridized carbons (Fsp3) is 0.588. The van der Waals surface area contributed by atoms with Crippen LogP contribution in [0.25, 0.3) is 0 Å². The minimum absolute atomic E-state index is 0.165. The molecule has 1 unspecified atom stereocenters. The third-order valence-corrected chi connectivity index (χ3v) is 5.44. The smallest absolute Gasteiger partial charge is 0.240 e. The molecule has 6 heteroatoms. The molecule has 0 saturated carbocycles. The minimum Gasteiger partial charge on any atom is -0.493 e. The summed E-state index contributed by atoms with van der Waals surface area (Å²) in [6.45, 7) is 2.34. The van der Waals surface area contributed by atoms with E-state index in [1.165, 1.54) is 0 Å². The molecule has 2 fully saturated rings. The Bertz CT molecular complexity index is 608. The Morgan fingerprint density at radius 2 is 2.04 bits per heavy atom. The number of ether oxygens (including phenoxy) is 2. The summed E-state index contributed by atoms with van der Waals surface area (Å²) in [7, 11) is 3.18. The second-order valence-corrected chi connectivity index (χ2v) is 6.57. The van der Waals surface area contributed by atoms with Crippen molar-refractivity contribution in [3.05, 3.63) is 22.7 Å². The molecule has 1 aromatic carbocycles. The average molecular weight is 339 g/mol. The fourth-order valence-corrected chi connectivity index (χ4v) is 4.12. The van der Waals surface area contributed by atoms with Gasteiger partial charge in [-0.25, -0.2) is 0 Å². The number of amides is 1. The Kier molecular flexibility index (Phi) is 4.69. The van der Waals surface area contributed by atoms with E-state index in [0.717, 1.165) is 44.3 Å². The van der Waals surface area contributed by atoms with E-state index >= 15 is 0 Å². The molecule has 0 aliphatic carbocycles. The predicted octanol–water partition coefficient (Wildman–Crippen LogP) is 2.60. The lowest BCUT2D eigenvalue weighted by molar-refractivity contribution is -0.134. The standard InChI is InChI=1S/C17H23ClN2O3/c1-22-13-6-5-12(14(18)15(13)23-2)11-20-10-4-8-17(20)7-3-9-19-16(17)21/h5-6H,3-4,7-11H2,1-2H3,(H,19,21). The molecule has 2 saturated heterocycles. The average Bonchev–Trinajstić information content (AvgIpc) is 2.95. The molecule has 2 aliphatic heterocycles. The van der Waals surface area contributed by atoms with E-state index in [1.54, 1.807) is 14.2 Å². The Hall–Kier alpha value is -1.46. The highest BCUT2D eigenvalue weighted by atomic mass is 35.5. The molecular formula is C17H23ClN2O3. The highest BCUT2D eigenvalue weighted by molar-refractivity contribution is 6.33. The van der Waals surface area contributed by atoms with Gasteiger partial charge in [-0.15, -0.1) is 0 Å². The van der Waals surface area contributed by atoms with Crippen molar-refractivity contribution in [3.8, 4) is 11.5 Å². The van der Waals surface area contributed by atoms with Gasteiger partial charge in [0.25, 0.3) is 0 Å². The van der Waals surface area contributed by atoms with Gasteiger partial charge in [0.05, 0.1) is 19.2 Å². The van der Waals surface area contributed by atoms with Crippen LogP contribution in [0.5, 0.6) is 11.5 Å². The minimum atomic E-state index is -0.366. The van der Waals surface area contributed by atoms with Gasteiger partial charge in [-0.2, -0.15) is 0 Å². The molecule has 2 aliphatic rings. The van der Waals surface area contributed by atoms with Crippen LogP contribution >= 0.6 is 11.6 Å². The van der Waals surface area contributed by atoms with Gasteiger partial charge in [-0.05, 0) is 43.9 Å². The third-order valence-electron chi connectivity index (χ3n) is 5.03. The number of carbonyl (C=O) groups is 1. The second-order valence-electron chi connectivity index (χ2n) is 6.19. The van der Waals surface area contributed by atoms with E-state index in [0.29, 0.717) is 23.1 Å². The normalized spacial score (nSPS) is 24.7. The van der Waals surface area contributed by atoms with Crippen molar-refractivity contribution in [1.29, 1.82) is 0 Å². The summed E-state index contributed by atoms with van der Waals surface area (Å²) in [6.07, 6.45) is 3.91. The van der Waals surface area contributed by atoms with Crippen LogP contribution in [0.4, 0.5) is 0 Å². The van der Waals surface area contributed by atoms with Crippen LogP contribution in [0, 0.1) is 0 Å². The van der Waals surface area contributed by atoms with Gasteiger partial charge < -0.3 is 14.8 Å². The number of piperidine rings is 1. The Labute approximate surface area is 141 Å². The molecule has 0 bridgehead atoms. The lowest BCUT2D eigenvalue weighted by atomic mass is 9.86. The molecule has 126 valence electrons. The molecule has 2 heterocycles. The molecule has 5 nitrogen and oxygen atoms in total. The number of nitrogens with one attached hydrogen (secondary N) is 1. The zero-order valence-corrected chi connectivity index (χ0v) is 14.4. The highest BCUT2D eigenvalue weighted by Crippen LogP contribution is 2.41.